The van der Waals surface area contributed by atoms with E-state index in [9.17, 15) is 23.1 Å². The first-order chi connectivity index (χ1) is 20.1. The van der Waals surface area contributed by atoms with Crippen molar-refractivity contribution in [3.8, 4) is 11.1 Å². The molecule has 1 saturated heterocycles. The van der Waals surface area contributed by atoms with Crippen molar-refractivity contribution in [3.63, 3.8) is 0 Å². The maximum Gasteiger partial charge on any atom is 0.326 e. The van der Waals surface area contributed by atoms with E-state index in [2.05, 4.69) is 47.5 Å². The summed E-state index contributed by atoms with van der Waals surface area (Å²) in [6, 6.07) is 23.9. The number of hydrogen-bond acceptors (Lipinski definition) is 5. The molecule has 3 atom stereocenters. The van der Waals surface area contributed by atoms with Gasteiger partial charge >= 0.3 is 5.97 Å². The Morgan fingerprint density at radius 2 is 1.64 bits per heavy atom. The summed E-state index contributed by atoms with van der Waals surface area (Å²) in [5.41, 5.74) is 5.44. The van der Waals surface area contributed by atoms with Gasteiger partial charge in [0, 0.05) is 30.4 Å². The first kappa shape index (κ1) is 31.4. The molecule has 3 aromatic rings. The normalized spacial score (nSPS) is 18.1. The number of carboxylic acids is 1. The number of benzene rings is 3. The second-order valence-electron chi connectivity index (χ2n) is 11.5. The molecule has 0 radical (unpaired) electrons. The fourth-order valence-corrected chi connectivity index (χ4v) is 6.71. The van der Waals surface area contributed by atoms with Gasteiger partial charge in [0.1, 0.15) is 15.9 Å². The molecule has 0 spiro atoms. The quantitative estimate of drug-likeness (QED) is 0.267. The van der Waals surface area contributed by atoms with Gasteiger partial charge in [-0.3, -0.25) is 9.69 Å². The standard InChI is InChI=1S/C34H42N2O5S/c1-4-10-27-16-17-28(21-25-12-6-5-7-13-25)36(27)23-26-15-18-30(31(22-26)29-14-9-8-11-24(29)2)33(37)35-32(34(38)39)19-20-42(3,40)41/h5-9,11-15,18,22,27-28,32H,4,10,16-17,19-21,23H2,1-3H3,(H,35,37)(H,38,39)/t27-,28?,32?/m0/s1. The molecule has 0 bridgehead atoms. The van der Waals surface area contributed by atoms with E-state index in [-0.39, 0.29) is 12.2 Å². The number of nitrogens with one attached hydrogen (secondary N) is 1. The van der Waals surface area contributed by atoms with Crippen molar-refractivity contribution in [3.05, 3.63) is 95.1 Å². The van der Waals surface area contributed by atoms with Crippen LogP contribution in [0, 0.1) is 6.92 Å². The van der Waals surface area contributed by atoms with Crippen molar-refractivity contribution >= 4 is 21.7 Å². The number of rotatable bonds is 13. The Bertz CT molecular complexity index is 1490. The van der Waals surface area contributed by atoms with Crippen molar-refractivity contribution in [2.24, 2.45) is 0 Å². The van der Waals surface area contributed by atoms with Crippen molar-refractivity contribution in [2.75, 3.05) is 12.0 Å². The molecule has 1 heterocycles. The Hall–Kier alpha value is -3.49. The van der Waals surface area contributed by atoms with E-state index >= 15 is 0 Å². The van der Waals surface area contributed by atoms with E-state index in [0.29, 0.717) is 17.6 Å². The number of hydrogen-bond donors (Lipinski definition) is 2. The van der Waals surface area contributed by atoms with Gasteiger partial charge in [-0.1, -0.05) is 74.0 Å². The molecule has 0 aromatic heterocycles. The van der Waals surface area contributed by atoms with Gasteiger partial charge in [0.25, 0.3) is 5.91 Å². The molecule has 1 aliphatic rings. The van der Waals surface area contributed by atoms with Crippen LogP contribution in [0.1, 0.15) is 66.1 Å². The lowest BCUT2D eigenvalue weighted by Gasteiger charge is -2.31. The second kappa shape index (κ2) is 14.1. The summed E-state index contributed by atoms with van der Waals surface area (Å²) >= 11 is 0. The zero-order chi connectivity index (χ0) is 30.3. The molecule has 8 heteroatoms. The summed E-state index contributed by atoms with van der Waals surface area (Å²) in [7, 11) is -3.38. The lowest BCUT2D eigenvalue weighted by Crippen LogP contribution is -2.42. The molecule has 2 unspecified atom stereocenters. The number of nitrogens with zero attached hydrogens (tertiary/aromatic N) is 1. The fraction of sp³-hybridized carbons (Fsp3) is 0.412. The van der Waals surface area contributed by atoms with Gasteiger partial charge < -0.3 is 10.4 Å². The molecule has 1 amide bonds. The lowest BCUT2D eigenvalue weighted by molar-refractivity contribution is -0.139. The second-order valence-corrected chi connectivity index (χ2v) is 13.8. The third-order valence-corrected chi connectivity index (χ3v) is 9.19. The van der Waals surface area contributed by atoms with Gasteiger partial charge in [-0.15, -0.1) is 0 Å². The first-order valence-corrected chi connectivity index (χ1v) is 16.8. The van der Waals surface area contributed by atoms with Gasteiger partial charge in [-0.05, 0) is 79.0 Å². The number of amides is 1. The number of carbonyl (C=O) groups excluding carboxylic acids is 1. The first-order valence-electron chi connectivity index (χ1n) is 14.8. The molecular weight excluding hydrogens is 548 g/mol. The van der Waals surface area contributed by atoms with Crippen LogP contribution in [0.15, 0.2) is 72.8 Å². The predicted molar refractivity (Wildman–Crippen MR) is 167 cm³/mol. The van der Waals surface area contributed by atoms with Gasteiger partial charge in [-0.2, -0.15) is 0 Å². The highest BCUT2D eigenvalue weighted by Crippen LogP contribution is 2.33. The van der Waals surface area contributed by atoms with Gasteiger partial charge in [-0.25, -0.2) is 13.2 Å². The molecule has 7 nitrogen and oxygen atoms in total. The summed E-state index contributed by atoms with van der Waals surface area (Å²) in [4.78, 5) is 28.0. The minimum Gasteiger partial charge on any atom is -0.480 e. The van der Waals surface area contributed by atoms with Crippen LogP contribution >= 0.6 is 0 Å². The minimum atomic E-state index is -3.38. The van der Waals surface area contributed by atoms with Gasteiger partial charge in [0.15, 0.2) is 0 Å². The zero-order valence-corrected chi connectivity index (χ0v) is 25.6. The summed E-state index contributed by atoms with van der Waals surface area (Å²) in [6.07, 6.45) is 6.43. The number of aliphatic carboxylic acids is 1. The van der Waals surface area contributed by atoms with Crippen LogP contribution in [0.4, 0.5) is 0 Å². The average Bonchev–Trinajstić information content (AvgIpc) is 3.31. The third-order valence-electron chi connectivity index (χ3n) is 8.22. The number of sulfone groups is 1. The molecule has 0 aliphatic carbocycles. The monoisotopic (exact) mass is 590 g/mol. The number of likely N-dealkylation sites (tertiary alicyclic amines) is 1. The average molecular weight is 591 g/mol. The Morgan fingerprint density at radius 1 is 0.952 bits per heavy atom. The molecule has 42 heavy (non-hydrogen) atoms. The van der Waals surface area contributed by atoms with Crippen LogP contribution in [0.3, 0.4) is 0 Å². The van der Waals surface area contributed by atoms with Gasteiger partial charge in [0.05, 0.1) is 5.75 Å². The van der Waals surface area contributed by atoms with E-state index in [0.717, 1.165) is 60.7 Å². The van der Waals surface area contributed by atoms with Crippen LogP contribution in [0.5, 0.6) is 0 Å². The van der Waals surface area contributed by atoms with Crippen molar-refractivity contribution in [1.82, 2.24) is 10.2 Å². The lowest BCUT2D eigenvalue weighted by atomic mass is 9.93. The molecule has 4 rings (SSSR count). The highest BCUT2D eigenvalue weighted by molar-refractivity contribution is 7.90. The highest BCUT2D eigenvalue weighted by atomic mass is 32.2. The largest absolute Gasteiger partial charge is 0.480 e. The Kier molecular flexibility index (Phi) is 10.6. The van der Waals surface area contributed by atoms with E-state index in [4.69, 9.17) is 0 Å². The fourth-order valence-electron chi connectivity index (χ4n) is 6.04. The zero-order valence-electron chi connectivity index (χ0n) is 24.8. The molecular formula is C34H42N2O5S. The maximum atomic E-state index is 13.5. The SMILES string of the molecule is CCC[C@H]1CCC(Cc2ccccc2)N1Cc1ccc(C(=O)NC(CCS(C)(=O)=O)C(=O)O)c(-c2ccccc2C)c1. The number of carboxylic acid groups (broad SMARTS) is 1. The van der Waals surface area contributed by atoms with Crippen molar-refractivity contribution in [2.45, 2.75) is 77.0 Å². The highest BCUT2D eigenvalue weighted by Gasteiger charge is 2.33. The number of carbonyl (C=O) groups is 2. The van der Waals surface area contributed by atoms with Crippen LogP contribution in [0.25, 0.3) is 11.1 Å². The summed E-state index contributed by atoms with van der Waals surface area (Å²) in [5, 5.41) is 12.3. The smallest absolute Gasteiger partial charge is 0.326 e. The Balaban J connectivity index is 1.65. The molecule has 1 fully saturated rings. The van der Waals surface area contributed by atoms with Gasteiger partial charge in [0.2, 0.25) is 0 Å². The van der Waals surface area contributed by atoms with Crippen LogP contribution < -0.4 is 5.32 Å². The minimum absolute atomic E-state index is 0.200. The number of aryl methyl sites for hydroxylation is 1. The van der Waals surface area contributed by atoms with E-state index < -0.39 is 27.8 Å². The molecule has 224 valence electrons. The predicted octanol–water partition coefficient (Wildman–Crippen LogP) is 5.66. The van der Waals surface area contributed by atoms with E-state index in [1.165, 1.54) is 12.0 Å². The van der Waals surface area contributed by atoms with Crippen LogP contribution in [-0.2, 0) is 27.6 Å². The van der Waals surface area contributed by atoms with Crippen LogP contribution in [0.2, 0.25) is 0 Å². The van der Waals surface area contributed by atoms with Crippen molar-refractivity contribution < 1.29 is 23.1 Å². The summed E-state index contributed by atoms with van der Waals surface area (Å²) in [5.74, 6) is -2.12. The molecule has 0 saturated carbocycles. The molecule has 3 aromatic carbocycles. The molecule has 2 N–H and O–H groups in total. The Labute approximate surface area is 249 Å². The van der Waals surface area contributed by atoms with E-state index in [1.54, 1.807) is 6.07 Å². The van der Waals surface area contributed by atoms with Crippen molar-refractivity contribution in [1.29, 1.82) is 0 Å². The summed E-state index contributed by atoms with van der Waals surface area (Å²) < 4.78 is 23.3. The Morgan fingerprint density at radius 3 is 2.31 bits per heavy atom. The van der Waals surface area contributed by atoms with E-state index in [1.807, 2.05) is 43.3 Å². The maximum absolute atomic E-state index is 13.5. The van der Waals surface area contributed by atoms with Crippen LogP contribution in [-0.4, -0.2) is 60.4 Å². The summed E-state index contributed by atoms with van der Waals surface area (Å²) in [6.45, 7) is 4.98. The molecule has 1 aliphatic heterocycles. The third kappa shape index (κ3) is 8.29. The topological polar surface area (TPSA) is 104 Å².